The van der Waals surface area contributed by atoms with Crippen LogP contribution in [0.25, 0.3) is 10.9 Å². The number of halogens is 5. The summed E-state index contributed by atoms with van der Waals surface area (Å²) in [5.41, 5.74) is 1.50. The molecule has 0 saturated carbocycles. The Balaban J connectivity index is 0.000000429. The summed E-state index contributed by atoms with van der Waals surface area (Å²) in [6, 6.07) is 13.4. The van der Waals surface area contributed by atoms with E-state index < -0.39 is 12.1 Å². The predicted molar refractivity (Wildman–Crippen MR) is 122 cm³/mol. The van der Waals surface area contributed by atoms with E-state index in [4.69, 9.17) is 37.8 Å². The summed E-state index contributed by atoms with van der Waals surface area (Å²) in [4.78, 5) is 33.8. The van der Waals surface area contributed by atoms with Crippen LogP contribution >= 0.6 is 23.2 Å². The summed E-state index contributed by atoms with van der Waals surface area (Å²) < 4.78 is 37.4. The third-order valence-corrected chi connectivity index (χ3v) is 4.59. The largest absolute Gasteiger partial charge is 0.490 e. The number of aromatic nitrogens is 3. The van der Waals surface area contributed by atoms with Gasteiger partial charge in [-0.25, -0.2) is 14.8 Å². The molecule has 4 rings (SSSR count). The molecule has 0 aliphatic heterocycles. The molecule has 0 fully saturated rings. The van der Waals surface area contributed by atoms with E-state index in [1.54, 1.807) is 60.9 Å². The Morgan fingerprint density at radius 3 is 2.37 bits per heavy atom. The van der Waals surface area contributed by atoms with Crippen molar-refractivity contribution in [1.82, 2.24) is 15.0 Å². The molecule has 0 saturated heterocycles. The van der Waals surface area contributed by atoms with Crippen molar-refractivity contribution in [2.75, 3.05) is 5.32 Å². The summed E-state index contributed by atoms with van der Waals surface area (Å²) in [6.07, 6.45) is -0.283. The van der Waals surface area contributed by atoms with E-state index in [1.807, 2.05) is 0 Å². The highest BCUT2D eigenvalue weighted by atomic mass is 35.5. The van der Waals surface area contributed by atoms with Crippen LogP contribution in [0.5, 0.6) is 11.6 Å². The van der Waals surface area contributed by atoms with Crippen LogP contribution < -0.4 is 10.1 Å². The van der Waals surface area contributed by atoms with Gasteiger partial charge < -0.3 is 15.2 Å². The van der Waals surface area contributed by atoms with Crippen molar-refractivity contribution < 1.29 is 32.6 Å². The van der Waals surface area contributed by atoms with Crippen LogP contribution in [0.4, 0.5) is 18.9 Å². The van der Waals surface area contributed by atoms with E-state index in [-0.39, 0.29) is 5.91 Å². The topological polar surface area (TPSA) is 114 Å². The maximum absolute atomic E-state index is 12.5. The maximum Gasteiger partial charge on any atom is 0.490 e. The molecule has 2 N–H and O–H groups in total. The standard InChI is InChI=1S/C20H12Cl2N4O2.C2HF3O2/c21-13-2-6-19(24-11-13)28-18-5-3-14(9-15(18)22)25-20(27)17-4-1-12-10-23-8-7-16(12)26-17;3-2(4,5)1(6)7/h1-11H,(H,25,27);(H,6,7). The SMILES string of the molecule is O=C(Nc1ccc(Oc2ccc(Cl)cn2)c(Cl)c1)c1ccc2cnccc2n1.O=C(O)C(F)(F)F. The fraction of sp³-hybridized carbons (Fsp3) is 0.0455. The number of alkyl halides is 3. The number of hydrogen-bond donors (Lipinski definition) is 2. The van der Waals surface area contributed by atoms with Crippen molar-refractivity contribution in [2.45, 2.75) is 6.18 Å². The van der Waals surface area contributed by atoms with Crippen LogP contribution in [0.3, 0.4) is 0 Å². The van der Waals surface area contributed by atoms with Crippen molar-refractivity contribution in [2.24, 2.45) is 0 Å². The zero-order valence-corrected chi connectivity index (χ0v) is 18.8. The van der Waals surface area contributed by atoms with Gasteiger partial charge in [0.1, 0.15) is 11.4 Å². The summed E-state index contributed by atoms with van der Waals surface area (Å²) in [7, 11) is 0. The second-order valence-electron chi connectivity index (χ2n) is 6.58. The van der Waals surface area contributed by atoms with Crippen LogP contribution in [0, 0.1) is 0 Å². The number of pyridine rings is 3. The minimum Gasteiger partial charge on any atom is -0.475 e. The fourth-order valence-corrected chi connectivity index (χ4v) is 2.81. The minimum absolute atomic E-state index is 0.292. The molecule has 13 heteroatoms. The molecule has 0 aliphatic rings. The summed E-state index contributed by atoms with van der Waals surface area (Å²) >= 11 is 12.1. The van der Waals surface area contributed by atoms with Crippen molar-refractivity contribution >= 4 is 51.7 Å². The van der Waals surface area contributed by atoms with Gasteiger partial charge in [-0.15, -0.1) is 0 Å². The Morgan fingerprint density at radius 1 is 1.00 bits per heavy atom. The molecule has 3 aromatic heterocycles. The molecule has 1 aromatic carbocycles. The lowest BCUT2D eigenvalue weighted by Crippen LogP contribution is -2.21. The zero-order chi connectivity index (χ0) is 25.6. The highest BCUT2D eigenvalue weighted by Gasteiger charge is 2.38. The number of carbonyl (C=O) groups excluding carboxylic acids is 1. The average molecular weight is 525 g/mol. The first-order chi connectivity index (χ1) is 16.5. The lowest BCUT2D eigenvalue weighted by molar-refractivity contribution is -0.192. The molecular formula is C22H13Cl2F3N4O4. The van der Waals surface area contributed by atoms with Crippen LogP contribution in [-0.4, -0.2) is 38.1 Å². The molecule has 1 amide bonds. The number of aliphatic carboxylic acids is 1. The number of carboxylic acid groups (broad SMARTS) is 1. The van der Waals surface area contributed by atoms with Gasteiger partial charge in [-0.3, -0.25) is 9.78 Å². The summed E-state index contributed by atoms with van der Waals surface area (Å²) in [5, 5.41) is 11.6. The maximum atomic E-state index is 12.5. The van der Waals surface area contributed by atoms with Crippen LogP contribution in [0.15, 0.2) is 67.1 Å². The molecule has 180 valence electrons. The molecular weight excluding hydrogens is 512 g/mol. The van der Waals surface area contributed by atoms with Gasteiger partial charge in [0.2, 0.25) is 5.88 Å². The highest BCUT2D eigenvalue weighted by molar-refractivity contribution is 6.32. The molecule has 0 spiro atoms. The Morgan fingerprint density at radius 2 is 1.74 bits per heavy atom. The van der Waals surface area contributed by atoms with Gasteiger partial charge in [0.05, 0.1) is 15.6 Å². The molecule has 0 atom stereocenters. The van der Waals surface area contributed by atoms with Gasteiger partial charge in [-0.2, -0.15) is 13.2 Å². The number of rotatable bonds is 4. The highest BCUT2D eigenvalue weighted by Crippen LogP contribution is 2.31. The Hall–Kier alpha value is -3.96. The summed E-state index contributed by atoms with van der Waals surface area (Å²) in [6.45, 7) is 0. The number of carbonyl (C=O) groups is 2. The molecule has 0 radical (unpaired) electrons. The van der Waals surface area contributed by atoms with E-state index in [9.17, 15) is 18.0 Å². The second kappa shape index (κ2) is 11.0. The number of hydrogen-bond acceptors (Lipinski definition) is 6. The van der Waals surface area contributed by atoms with Crippen molar-refractivity contribution in [3.05, 3.63) is 82.9 Å². The smallest absolute Gasteiger partial charge is 0.475 e. The van der Waals surface area contributed by atoms with Gasteiger partial charge in [0.25, 0.3) is 5.91 Å². The first kappa shape index (κ1) is 25.7. The van der Waals surface area contributed by atoms with Crippen molar-refractivity contribution in [3.8, 4) is 11.6 Å². The number of anilines is 1. The zero-order valence-electron chi connectivity index (χ0n) is 17.3. The van der Waals surface area contributed by atoms with E-state index in [1.165, 1.54) is 6.20 Å². The number of nitrogens with zero attached hydrogens (tertiary/aromatic N) is 3. The Kier molecular flexibility index (Phi) is 8.05. The quantitative estimate of drug-likeness (QED) is 0.336. The lowest BCUT2D eigenvalue weighted by atomic mass is 10.2. The predicted octanol–water partition coefficient (Wildman–Crippen LogP) is 6.01. The third kappa shape index (κ3) is 7.26. The molecule has 8 nitrogen and oxygen atoms in total. The lowest BCUT2D eigenvalue weighted by Gasteiger charge is -2.10. The van der Waals surface area contributed by atoms with E-state index in [0.717, 1.165) is 5.39 Å². The van der Waals surface area contributed by atoms with Gasteiger partial charge in [0, 0.05) is 35.7 Å². The van der Waals surface area contributed by atoms with Gasteiger partial charge in [-0.05, 0) is 42.5 Å². The number of nitrogens with one attached hydrogen (secondary N) is 1. The molecule has 0 aliphatic carbocycles. The van der Waals surface area contributed by atoms with Gasteiger partial charge >= 0.3 is 12.1 Å². The first-order valence-corrected chi connectivity index (χ1v) is 10.2. The molecule has 0 bridgehead atoms. The van der Waals surface area contributed by atoms with Gasteiger partial charge in [-0.1, -0.05) is 23.2 Å². The first-order valence-electron chi connectivity index (χ1n) is 9.44. The molecule has 3 heterocycles. The monoisotopic (exact) mass is 524 g/mol. The minimum atomic E-state index is -5.08. The van der Waals surface area contributed by atoms with Crippen LogP contribution in [-0.2, 0) is 4.79 Å². The average Bonchev–Trinajstić information content (AvgIpc) is 2.81. The number of amides is 1. The van der Waals surface area contributed by atoms with Crippen molar-refractivity contribution in [1.29, 1.82) is 0 Å². The number of benzene rings is 1. The van der Waals surface area contributed by atoms with E-state index >= 15 is 0 Å². The normalized spacial score (nSPS) is 10.8. The molecule has 4 aromatic rings. The Labute approximate surface area is 205 Å². The van der Waals surface area contributed by atoms with Gasteiger partial charge in [0.15, 0.2) is 0 Å². The van der Waals surface area contributed by atoms with E-state index in [2.05, 4.69) is 20.3 Å². The number of carboxylic acids is 1. The Bertz CT molecular complexity index is 1370. The van der Waals surface area contributed by atoms with E-state index in [0.29, 0.717) is 38.6 Å². The molecule has 0 unspecified atom stereocenters. The third-order valence-electron chi connectivity index (χ3n) is 4.07. The van der Waals surface area contributed by atoms with Crippen LogP contribution in [0.1, 0.15) is 10.5 Å². The fourth-order valence-electron chi connectivity index (χ4n) is 2.48. The molecule has 35 heavy (non-hydrogen) atoms. The van der Waals surface area contributed by atoms with Crippen LogP contribution in [0.2, 0.25) is 10.0 Å². The second-order valence-corrected chi connectivity index (χ2v) is 7.43. The van der Waals surface area contributed by atoms with Crippen molar-refractivity contribution in [3.63, 3.8) is 0 Å². The number of ether oxygens (including phenoxy) is 1. The number of fused-ring (bicyclic) bond motifs is 1. The summed E-state index contributed by atoms with van der Waals surface area (Å²) in [5.74, 6) is -2.33.